The Kier molecular flexibility index (Phi) is 13.7. The largest absolute Gasteiger partial charge is 0.391 e. The summed E-state index contributed by atoms with van der Waals surface area (Å²) in [7, 11) is 0. The Bertz CT molecular complexity index is 2950. The van der Waals surface area contributed by atoms with E-state index in [0.717, 1.165) is 87.2 Å². The van der Waals surface area contributed by atoms with E-state index in [-0.39, 0.29) is 23.2 Å². The summed E-state index contributed by atoms with van der Waals surface area (Å²) in [5.74, 6) is -2.94. The quantitative estimate of drug-likeness (QED) is 0.0745. The Morgan fingerprint density at radius 3 is 1.99 bits per heavy atom. The zero-order valence-corrected chi connectivity index (χ0v) is 39.4. The number of aromatic amines is 2. The fourth-order valence-electron chi connectivity index (χ4n) is 9.22. The second kappa shape index (κ2) is 19.4. The summed E-state index contributed by atoms with van der Waals surface area (Å²) in [5.41, 5.74) is 11.8. The number of fused-ring (bicyclic) bond motifs is 10. The molecule has 17 nitrogen and oxygen atoms in total. The molecule has 0 unspecified atom stereocenters. The molecule has 0 saturated carbocycles. The minimum absolute atomic E-state index is 0.0776. The van der Waals surface area contributed by atoms with Gasteiger partial charge in [0.25, 0.3) is 0 Å². The van der Waals surface area contributed by atoms with E-state index in [9.17, 15) is 40.7 Å². The van der Waals surface area contributed by atoms with Crippen molar-refractivity contribution in [2.75, 3.05) is 57.2 Å². The molecule has 2 amide bonds. The van der Waals surface area contributed by atoms with Gasteiger partial charge in [-0.3, -0.25) is 30.0 Å². The van der Waals surface area contributed by atoms with Gasteiger partial charge in [0, 0.05) is 56.5 Å². The van der Waals surface area contributed by atoms with Crippen LogP contribution >= 0.6 is 0 Å². The van der Waals surface area contributed by atoms with Gasteiger partial charge in [0.1, 0.15) is 17.2 Å². The lowest BCUT2D eigenvalue weighted by molar-refractivity contribution is -0.169. The first-order valence-electron chi connectivity index (χ1n) is 23.0. The van der Waals surface area contributed by atoms with E-state index in [4.69, 9.17) is 5.73 Å². The Hall–Kier alpha value is -7.07. The predicted octanol–water partition coefficient (Wildman–Crippen LogP) is 9.17. The van der Waals surface area contributed by atoms with Crippen molar-refractivity contribution >= 4 is 74.3 Å². The molecule has 372 valence electrons. The van der Waals surface area contributed by atoms with Gasteiger partial charge in [-0.25, -0.2) is 24.7 Å². The number of aryl methyl sites for hydroxylation is 4. The van der Waals surface area contributed by atoms with E-state index < -0.39 is 54.6 Å². The summed E-state index contributed by atoms with van der Waals surface area (Å²) in [6.07, 6.45) is -6.38. The van der Waals surface area contributed by atoms with Crippen LogP contribution in [-0.2, 0) is 0 Å². The Morgan fingerprint density at radius 2 is 1.33 bits per heavy atom. The second-order valence-corrected chi connectivity index (χ2v) is 18.5. The van der Waals surface area contributed by atoms with Gasteiger partial charge in [-0.1, -0.05) is 13.8 Å². The number of carbonyl (C=O) groups excluding carboxylic acids is 3. The highest BCUT2D eigenvalue weighted by molar-refractivity contribution is 6.08. The second-order valence-electron chi connectivity index (χ2n) is 18.5. The van der Waals surface area contributed by atoms with Crippen LogP contribution in [0.5, 0.6) is 0 Å². The number of nitrogens with two attached hydrogens (primary N) is 1. The number of ketones is 2. The number of amides is 2. The van der Waals surface area contributed by atoms with Crippen LogP contribution in [0.1, 0.15) is 95.9 Å². The first-order valence-corrected chi connectivity index (χ1v) is 23.0. The van der Waals surface area contributed by atoms with Crippen molar-refractivity contribution in [1.29, 1.82) is 0 Å². The van der Waals surface area contributed by atoms with Gasteiger partial charge in [-0.2, -0.15) is 36.5 Å². The number of hydrogen-bond donors (Lipinski definition) is 5. The molecule has 70 heavy (non-hydrogen) atoms. The highest BCUT2D eigenvalue weighted by Gasteiger charge is 2.42. The number of aromatic nitrogens is 8. The fraction of sp³-hybridized carbons (Fsp3) is 0.468. The topological polar surface area (TPSA) is 220 Å². The van der Waals surface area contributed by atoms with Crippen molar-refractivity contribution in [3.8, 4) is 0 Å². The number of nitrogens with one attached hydrogen (secondary N) is 4. The molecule has 6 N–H and O–H groups in total. The Morgan fingerprint density at radius 1 is 0.743 bits per heavy atom. The van der Waals surface area contributed by atoms with Crippen LogP contribution in [0.3, 0.4) is 0 Å². The highest BCUT2D eigenvalue weighted by Crippen LogP contribution is 2.42. The molecule has 4 bridgehead atoms. The standard InChI is InChI=1S/C24H26F3N7O2.C16H20F3N3O.C7H8N4/c1-12-9-17(18(35)10-13(2)24(25,26)27)29-22-19(12)33-8-4-5-15(11-33)34(22)23(36)30-21-16-7-6-14(3)28-20(16)31-32-21;1-9-6-12(13(23)7-10(2)16(17,18)19)21-15-14(9)22-5-3-4-11(8-22)20-15;1-4-2-3-5-6(8)10-11-7(5)9-4/h6-7,9,13,15H,4-5,8,10-11H2,1-3H3,(H2,28,30,31,32,36);6,10-11H,3-5,7-8H2,1-2H3,(H,20,21);2-3H,1H3,(H3,8,9,10,11)/t13-,15-;10-,11-;/m00./s1. The third-order valence-electron chi connectivity index (χ3n) is 13.0. The number of anilines is 6. The number of nitrogen functional groups attached to an aromatic ring is 1. The molecule has 2 saturated heterocycles. The van der Waals surface area contributed by atoms with E-state index >= 15 is 0 Å². The molecule has 0 spiro atoms. The summed E-state index contributed by atoms with van der Waals surface area (Å²) in [6, 6.07) is 10.2. The van der Waals surface area contributed by atoms with Crippen LogP contribution in [0.15, 0.2) is 36.4 Å². The SMILES string of the molecule is Cc1cc(C(=O)C[C@H](C)C(F)(F)F)nc2c1N1CCC[C@@H](C1)N2.Cc1ccc2c(N)[nH]nc2n1.Cc1ccc2c(NC(=O)N3c4nc(C(=O)C[C@H](C)C(F)(F)F)cc(C)c4N4CCC[C@H]3C4)n[nH]c2n1. The first kappa shape index (κ1) is 49.4. The molecule has 0 aromatic carbocycles. The van der Waals surface area contributed by atoms with E-state index in [1.807, 2.05) is 45.0 Å². The number of rotatable bonds is 7. The van der Waals surface area contributed by atoms with Crippen LogP contribution in [0.4, 0.5) is 65.8 Å². The molecule has 4 aliphatic heterocycles. The van der Waals surface area contributed by atoms with Crippen molar-refractivity contribution < 1.29 is 40.7 Å². The van der Waals surface area contributed by atoms with E-state index in [0.29, 0.717) is 58.0 Å². The van der Waals surface area contributed by atoms with Crippen LogP contribution < -0.4 is 31.1 Å². The van der Waals surface area contributed by atoms with Gasteiger partial charge in [-0.05, 0) is 101 Å². The first-order chi connectivity index (χ1) is 33.0. The van der Waals surface area contributed by atoms with E-state index in [1.54, 1.807) is 13.0 Å². The molecule has 23 heteroatoms. The Labute approximate surface area is 398 Å². The number of urea groups is 1. The van der Waals surface area contributed by atoms with Crippen LogP contribution in [0.2, 0.25) is 0 Å². The molecule has 6 aromatic rings. The van der Waals surface area contributed by atoms with E-state index in [2.05, 4.69) is 60.8 Å². The number of carbonyl (C=O) groups is 3. The maximum Gasteiger partial charge on any atom is 0.391 e. The molecule has 6 aromatic heterocycles. The number of alkyl halides is 6. The zero-order chi connectivity index (χ0) is 50.4. The van der Waals surface area contributed by atoms with E-state index in [1.165, 1.54) is 11.0 Å². The fourth-order valence-corrected chi connectivity index (χ4v) is 9.22. The summed E-state index contributed by atoms with van der Waals surface area (Å²) in [5, 5.41) is 21.3. The number of nitrogens with zero attached hydrogens (tertiary/aromatic N) is 9. The molecule has 4 atom stereocenters. The molecule has 0 aliphatic carbocycles. The number of piperidine rings is 2. The van der Waals surface area contributed by atoms with Gasteiger partial charge < -0.3 is 20.9 Å². The maximum atomic E-state index is 13.6. The number of hydrogen-bond acceptors (Lipinski definition) is 13. The van der Waals surface area contributed by atoms with Gasteiger partial charge in [0.2, 0.25) is 0 Å². The number of Topliss-reactive ketones (excluding diaryl/α,β-unsaturated/α-hetero) is 2. The lowest BCUT2D eigenvalue weighted by Crippen LogP contribution is -2.56. The van der Waals surface area contributed by atoms with Gasteiger partial charge >= 0.3 is 18.4 Å². The lowest BCUT2D eigenvalue weighted by atomic mass is 9.96. The normalized spacial score (nSPS) is 18.1. The van der Waals surface area contributed by atoms with Crippen LogP contribution in [0, 0.1) is 39.5 Å². The summed E-state index contributed by atoms with van der Waals surface area (Å²) >= 11 is 0. The minimum atomic E-state index is -4.48. The molecule has 2 fully saturated rings. The average molecular weight is 977 g/mol. The van der Waals surface area contributed by atoms with Crippen molar-refractivity contribution in [2.45, 2.75) is 105 Å². The molecule has 0 radical (unpaired) electrons. The van der Waals surface area contributed by atoms with Crippen LogP contribution in [-0.4, -0.2) is 109 Å². The maximum absolute atomic E-state index is 13.6. The molecule has 10 heterocycles. The monoisotopic (exact) mass is 976 g/mol. The van der Waals surface area contributed by atoms with Gasteiger partial charge in [0.15, 0.2) is 40.3 Å². The van der Waals surface area contributed by atoms with Crippen molar-refractivity contribution in [1.82, 2.24) is 40.3 Å². The molecular weight excluding hydrogens is 923 g/mol. The highest BCUT2D eigenvalue weighted by atomic mass is 19.4. The van der Waals surface area contributed by atoms with Crippen molar-refractivity contribution in [3.05, 3.63) is 70.3 Å². The van der Waals surface area contributed by atoms with Crippen molar-refractivity contribution in [2.24, 2.45) is 11.8 Å². The summed E-state index contributed by atoms with van der Waals surface area (Å²) in [6.45, 7) is 12.7. The molecular formula is C47H54F6N14O3. The number of pyridine rings is 4. The molecule has 10 rings (SSSR count). The van der Waals surface area contributed by atoms with Gasteiger partial charge in [-0.15, -0.1) is 0 Å². The third kappa shape index (κ3) is 10.4. The average Bonchev–Trinajstić information content (AvgIpc) is 3.86. The number of H-pyrrole nitrogens is 2. The summed E-state index contributed by atoms with van der Waals surface area (Å²) in [4.78, 5) is 61.8. The predicted molar refractivity (Wildman–Crippen MR) is 254 cm³/mol. The van der Waals surface area contributed by atoms with Crippen molar-refractivity contribution in [3.63, 3.8) is 0 Å². The minimum Gasteiger partial charge on any atom is -0.384 e. The summed E-state index contributed by atoms with van der Waals surface area (Å²) < 4.78 is 77.1. The zero-order valence-electron chi connectivity index (χ0n) is 39.4. The Balaban J connectivity index is 0.000000164. The lowest BCUT2D eigenvalue weighted by Gasteiger charge is -2.46. The third-order valence-corrected chi connectivity index (χ3v) is 13.0. The van der Waals surface area contributed by atoms with Gasteiger partial charge in [0.05, 0.1) is 40.0 Å². The smallest absolute Gasteiger partial charge is 0.384 e. The molecule has 4 aliphatic rings. The van der Waals surface area contributed by atoms with Crippen LogP contribution in [0.25, 0.3) is 22.1 Å². The number of halogens is 6.